The fraction of sp³-hybridized carbons (Fsp3) is 0.333. The molecule has 4 N–H and O–H groups in total. The smallest absolute Gasteiger partial charge is 0.224 e. The number of amides is 1. The van der Waals surface area contributed by atoms with E-state index in [9.17, 15) is 9.90 Å². The molecule has 3 aromatic heterocycles. The fourth-order valence-electron chi connectivity index (χ4n) is 5.18. The van der Waals surface area contributed by atoms with Crippen LogP contribution in [-0.4, -0.2) is 42.3 Å². The number of aliphatic hydroxyl groups is 1. The second-order valence-corrected chi connectivity index (χ2v) is 9.79. The van der Waals surface area contributed by atoms with Crippen LogP contribution < -0.4 is 5.32 Å². The van der Waals surface area contributed by atoms with Crippen LogP contribution in [0.4, 0.5) is 0 Å². The van der Waals surface area contributed by atoms with Gasteiger partial charge in [0.2, 0.25) is 5.91 Å². The zero-order valence-electron chi connectivity index (χ0n) is 22.1. The molecule has 8 nitrogen and oxygen atoms in total. The van der Waals surface area contributed by atoms with Crippen LogP contribution in [0.1, 0.15) is 69.9 Å². The molecule has 5 rings (SSSR count). The highest BCUT2D eigenvalue weighted by Gasteiger charge is 2.24. The first-order valence-corrected chi connectivity index (χ1v) is 13.3. The van der Waals surface area contributed by atoms with Crippen LogP contribution in [0, 0.1) is 0 Å². The summed E-state index contributed by atoms with van der Waals surface area (Å²) < 4.78 is 0. The largest absolute Gasteiger partial charge is 0.393 e. The predicted molar refractivity (Wildman–Crippen MR) is 151 cm³/mol. The van der Waals surface area contributed by atoms with E-state index < -0.39 is 0 Å². The summed E-state index contributed by atoms with van der Waals surface area (Å²) in [5.74, 6) is 1.01. The molecule has 1 saturated carbocycles. The van der Waals surface area contributed by atoms with Gasteiger partial charge in [0.1, 0.15) is 5.69 Å². The maximum absolute atomic E-state index is 12.0. The van der Waals surface area contributed by atoms with E-state index in [-0.39, 0.29) is 12.0 Å². The average molecular weight is 511 g/mol. The third-order valence-corrected chi connectivity index (χ3v) is 7.25. The predicted octanol–water partition coefficient (Wildman–Crippen LogP) is 5.91. The first-order chi connectivity index (χ1) is 18.5. The number of hydrogen-bond acceptors (Lipinski definition) is 5. The van der Waals surface area contributed by atoms with E-state index in [4.69, 9.17) is 4.98 Å². The van der Waals surface area contributed by atoms with Gasteiger partial charge in [-0.3, -0.25) is 14.9 Å². The number of allylic oxidation sites excluding steroid dienone is 5. The molecule has 1 aromatic carbocycles. The van der Waals surface area contributed by atoms with Crippen molar-refractivity contribution in [2.45, 2.75) is 64.9 Å². The van der Waals surface area contributed by atoms with Crippen molar-refractivity contribution in [1.29, 1.82) is 0 Å². The Bertz CT molecular complexity index is 1550. The highest BCUT2D eigenvalue weighted by Crippen LogP contribution is 2.37. The van der Waals surface area contributed by atoms with Gasteiger partial charge < -0.3 is 15.4 Å². The quantitative estimate of drug-likeness (QED) is 0.230. The molecule has 1 fully saturated rings. The van der Waals surface area contributed by atoms with E-state index in [1.165, 1.54) is 0 Å². The molecule has 3 heterocycles. The number of nitrogens with zero attached hydrogens (tertiary/aromatic N) is 3. The molecule has 1 aliphatic rings. The zero-order chi connectivity index (χ0) is 26.6. The van der Waals surface area contributed by atoms with Gasteiger partial charge >= 0.3 is 0 Å². The average Bonchev–Trinajstić information content (AvgIpc) is 3.55. The van der Waals surface area contributed by atoms with Gasteiger partial charge in [-0.15, -0.1) is 0 Å². The summed E-state index contributed by atoms with van der Waals surface area (Å²) in [4.78, 5) is 24.9. The number of rotatable bonds is 7. The number of hydrogen-bond donors (Lipinski definition) is 4. The Morgan fingerprint density at radius 2 is 1.97 bits per heavy atom. The summed E-state index contributed by atoms with van der Waals surface area (Å²) >= 11 is 0. The lowest BCUT2D eigenvalue weighted by Gasteiger charge is -2.25. The van der Waals surface area contributed by atoms with Crippen molar-refractivity contribution >= 4 is 33.4 Å². The summed E-state index contributed by atoms with van der Waals surface area (Å²) in [5.41, 5.74) is 7.33. The number of imidazole rings is 1. The van der Waals surface area contributed by atoms with Crippen LogP contribution in [0.2, 0.25) is 0 Å². The number of pyridine rings is 1. The van der Waals surface area contributed by atoms with Crippen LogP contribution in [0.5, 0.6) is 0 Å². The van der Waals surface area contributed by atoms with Crippen molar-refractivity contribution in [3.8, 4) is 11.5 Å². The number of fused-ring (bicyclic) bond motifs is 2. The van der Waals surface area contributed by atoms with Gasteiger partial charge in [0, 0.05) is 29.3 Å². The lowest BCUT2D eigenvalue weighted by Crippen LogP contribution is -2.20. The summed E-state index contributed by atoms with van der Waals surface area (Å²) in [6, 6.07) is 6.16. The monoisotopic (exact) mass is 510 g/mol. The summed E-state index contributed by atoms with van der Waals surface area (Å²) in [6.45, 7) is 5.75. The number of aliphatic hydroxyl groups excluding tert-OH is 1. The Kier molecular flexibility index (Phi) is 7.51. The number of aromatic nitrogens is 5. The van der Waals surface area contributed by atoms with Crippen molar-refractivity contribution in [3.05, 3.63) is 71.7 Å². The molecule has 196 valence electrons. The van der Waals surface area contributed by atoms with Crippen molar-refractivity contribution in [2.24, 2.45) is 0 Å². The fourth-order valence-corrected chi connectivity index (χ4v) is 5.18. The minimum atomic E-state index is -0.202. The number of benzene rings is 1. The van der Waals surface area contributed by atoms with Gasteiger partial charge in [-0.2, -0.15) is 5.10 Å². The molecule has 0 aliphatic heterocycles. The van der Waals surface area contributed by atoms with Gasteiger partial charge in [0.15, 0.2) is 5.82 Å². The minimum Gasteiger partial charge on any atom is -0.393 e. The molecule has 8 heteroatoms. The van der Waals surface area contributed by atoms with Crippen LogP contribution >= 0.6 is 0 Å². The highest BCUT2D eigenvalue weighted by molar-refractivity contribution is 5.96. The summed E-state index contributed by atoms with van der Waals surface area (Å²) in [5, 5.41) is 21.6. The van der Waals surface area contributed by atoms with E-state index in [1.807, 2.05) is 69.6 Å². The van der Waals surface area contributed by atoms with Gasteiger partial charge in [-0.05, 0) is 80.9 Å². The summed E-state index contributed by atoms with van der Waals surface area (Å²) in [6.07, 6.45) is 15.3. The molecule has 1 amide bonds. The molecule has 0 unspecified atom stereocenters. The maximum atomic E-state index is 12.0. The minimum absolute atomic E-state index is 0.0273. The SMILES string of the molecule is C/C=C/C(=C\C(=C/C)c1ccc2[nH]nc(-c3nc4c(C5CCC(O)CC5)cncc4[nH]3)c2c1)NC(=O)CC. The van der Waals surface area contributed by atoms with Crippen LogP contribution in [-0.2, 0) is 4.79 Å². The first kappa shape index (κ1) is 25.6. The van der Waals surface area contributed by atoms with Crippen molar-refractivity contribution < 1.29 is 9.90 Å². The summed E-state index contributed by atoms with van der Waals surface area (Å²) in [7, 11) is 0. The molecule has 38 heavy (non-hydrogen) atoms. The van der Waals surface area contributed by atoms with Gasteiger partial charge in [0.25, 0.3) is 0 Å². The molecule has 0 spiro atoms. The molecule has 0 radical (unpaired) electrons. The van der Waals surface area contributed by atoms with Crippen LogP contribution in [0.15, 0.2) is 60.6 Å². The number of H-pyrrole nitrogens is 2. The van der Waals surface area contributed by atoms with Crippen molar-refractivity contribution in [1.82, 2.24) is 30.5 Å². The molecule has 4 aromatic rings. The zero-order valence-corrected chi connectivity index (χ0v) is 22.1. The normalized spacial score (nSPS) is 19.1. The molecular weight excluding hydrogens is 476 g/mol. The second-order valence-electron chi connectivity index (χ2n) is 9.79. The first-order valence-electron chi connectivity index (χ1n) is 13.3. The van der Waals surface area contributed by atoms with E-state index in [1.54, 1.807) is 0 Å². The third kappa shape index (κ3) is 5.17. The van der Waals surface area contributed by atoms with Crippen LogP contribution in [0.25, 0.3) is 39.0 Å². The van der Waals surface area contributed by atoms with Gasteiger partial charge in [-0.25, -0.2) is 4.98 Å². The molecule has 0 saturated heterocycles. The lowest BCUT2D eigenvalue weighted by atomic mass is 9.83. The standard InChI is InChI=1S/C30H34N6O2/c1-4-7-21(32-27(38)6-3)14-18(5-2)20-10-13-25-23(15-20)29(36-35-25)30-33-26-17-31-16-24(28(26)34-30)19-8-11-22(37)12-9-19/h4-5,7,10,13-17,19,22,37H,6,8-9,11-12H2,1-3H3,(H,32,38)(H,33,34)(H,35,36)/b7-4+,18-5+,21-14+. The van der Waals surface area contributed by atoms with Crippen molar-refractivity contribution in [2.75, 3.05) is 0 Å². The Hall–Kier alpha value is -4.04. The number of nitrogens with one attached hydrogen (secondary N) is 3. The number of carbonyl (C=O) groups excluding carboxylic acids is 1. The highest BCUT2D eigenvalue weighted by atomic mass is 16.3. The van der Waals surface area contributed by atoms with E-state index in [0.29, 0.717) is 18.2 Å². The molecule has 1 aliphatic carbocycles. The Morgan fingerprint density at radius 1 is 1.16 bits per heavy atom. The topological polar surface area (TPSA) is 120 Å². The lowest BCUT2D eigenvalue weighted by molar-refractivity contribution is -0.120. The van der Waals surface area contributed by atoms with Gasteiger partial charge in [0.05, 0.1) is 28.9 Å². The Labute approximate surface area is 222 Å². The molecule has 0 bridgehead atoms. The Morgan fingerprint density at radius 3 is 2.71 bits per heavy atom. The molecular formula is C30H34N6O2. The van der Waals surface area contributed by atoms with E-state index in [0.717, 1.165) is 75.7 Å². The van der Waals surface area contributed by atoms with E-state index in [2.05, 4.69) is 31.5 Å². The number of carbonyl (C=O) groups is 1. The maximum Gasteiger partial charge on any atom is 0.224 e. The van der Waals surface area contributed by atoms with E-state index >= 15 is 0 Å². The number of aromatic amines is 2. The van der Waals surface area contributed by atoms with Crippen molar-refractivity contribution in [3.63, 3.8) is 0 Å². The molecule has 0 atom stereocenters. The van der Waals surface area contributed by atoms with Gasteiger partial charge in [-0.1, -0.05) is 25.1 Å². The third-order valence-electron chi connectivity index (χ3n) is 7.25. The Balaban J connectivity index is 1.52. The second kappa shape index (κ2) is 11.1. The van der Waals surface area contributed by atoms with Crippen LogP contribution in [0.3, 0.4) is 0 Å².